The van der Waals surface area contributed by atoms with Gasteiger partial charge in [0.2, 0.25) is 0 Å². The molecule has 6 heavy (non-hydrogen) atoms. The average Bonchev–Trinajstić information content (AvgIpc) is 1.61. The molecule has 1 heteroatoms. The van der Waals surface area contributed by atoms with E-state index in [-0.39, 0.29) is 6.61 Å². The molecule has 1 radical (unpaired) electrons. The van der Waals surface area contributed by atoms with Gasteiger partial charge in [-0.3, -0.25) is 0 Å². The predicted octanol–water partition coefficient (Wildman–Crippen LogP) is 0.349. The van der Waals surface area contributed by atoms with Gasteiger partial charge in [0.1, 0.15) is 0 Å². The minimum atomic E-state index is 0.172. The lowest BCUT2D eigenvalue weighted by atomic mass is 10.3. The Labute approximate surface area is 38.0 Å². The highest BCUT2D eigenvalue weighted by molar-refractivity contribution is 4.73. The molecule has 1 N–H and O–H groups in total. The molecule has 0 saturated carbocycles. The maximum Gasteiger partial charge on any atom is 0.0440 e. The first-order valence-electron chi connectivity index (χ1n) is 1.92. The van der Waals surface area contributed by atoms with Crippen LogP contribution >= 0.6 is 0 Å². The van der Waals surface area contributed by atoms with E-state index < -0.39 is 0 Å². The third-order valence-corrected chi connectivity index (χ3v) is 0.460. The van der Waals surface area contributed by atoms with E-state index in [9.17, 15) is 0 Å². The number of hydrogen-bond acceptors (Lipinski definition) is 1. The Hall–Kier alpha value is -0.480. The maximum atomic E-state index is 8.07. The summed E-state index contributed by atoms with van der Waals surface area (Å²) < 4.78 is 0. The van der Waals surface area contributed by atoms with Crippen LogP contribution in [0.1, 0.15) is 12.8 Å². The molecule has 0 heterocycles. The highest BCUT2D eigenvalue weighted by Crippen LogP contribution is 1.79. The van der Waals surface area contributed by atoms with Crippen LogP contribution < -0.4 is 0 Å². The molecule has 0 unspecified atom stereocenters. The van der Waals surface area contributed by atoms with Gasteiger partial charge < -0.3 is 5.11 Å². The first-order valence-corrected chi connectivity index (χ1v) is 1.92. The lowest BCUT2D eigenvalue weighted by Gasteiger charge is -1.79. The summed E-state index contributed by atoms with van der Waals surface area (Å²) in [4.78, 5) is 0. The van der Waals surface area contributed by atoms with Crippen LogP contribution in [0.4, 0.5) is 0 Å². The zero-order valence-electron chi connectivity index (χ0n) is 3.57. The van der Waals surface area contributed by atoms with Gasteiger partial charge in [-0.2, -0.15) is 0 Å². The molecule has 0 saturated heterocycles. The quantitative estimate of drug-likeness (QED) is 0.377. The predicted molar refractivity (Wildman–Crippen MR) is 23.5 cm³/mol. The van der Waals surface area contributed by atoms with Crippen molar-refractivity contribution in [3.8, 4) is 5.92 Å². The van der Waals surface area contributed by atoms with E-state index in [1.807, 2.05) is 0 Å². The van der Waals surface area contributed by atoms with Crippen molar-refractivity contribution in [2.24, 2.45) is 0 Å². The number of hydrogen-bond donors (Lipinski definition) is 1. The molecule has 1 nitrogen and oxygen atoms in total. The summed E-state index contributed by atoms with van der Waals surface area (Å²) in [7, 11) is 0. The van der Waals surface area contributed by atoms with E-state index in [1.165, 1.54) is 0 Å². The van der Waals surface area contributed by atoms with E-state index in [1.54, 1.807) is 0 Å². The fourth-order valence-electron chi connectivity index (χ4n) is 0.167. The number of rotatable bonds is 2. The SMILES string of the molecule is [C]#CCCCO. The van der Waals surface area contributed by atoms with Crippen LogP contribution in [0.2, 0.25) is 0 Å². The van der Waals surface area contributed by atoms with Crippen LogP contribution in [0.5, 0.6) is 0 Å². The van der Waals surface area contributed by atoms with Crippen molar-refractivity contribution in [2.45, 2.75) is 12.8 Å². The molecule has 0 spiro atoms. The van der Waals surface area contributed by atoms with Crippen molar-refractivity contribution in [3.05, 3.63) is 6.42 Å². The molecule has 0 aromatic carbocycles. The van der Waals surface area contributed by atoms with Gasteiger partial charge in [0.15, 0.2) is 0 Å². The third-order valence-electron chi connectivity index (χ3n) is 0.460. The summed E-state index contributed by atoms with van der Waals surface area (Å²) in [5.41, 5.74) is 0. The van der Waals surface area contributed by atoms with Crippen molar-refractivity contribution in [1.29, 1.82) is 0 Å². The molecule has 0 aliphatic carbocycles. The van der Waals surface area contributed by atoms with Gasteiger partial charge in [0, 0.05) is 13.0 Å². The summed E-state index contributed by atoms with van der Waals surface area (Å²) in [5, 5.41) is 8.07. The fourth-order valence-corrected chi connectivity index (χ4v) is 0.167. The Bertz CT molecular complexity index is 51.4. The summed E-state index contributed by atoms with van der Waals surface area (Å²) in [5.74, 6) is 2.16. The van der Waals surface area contributed by atoms with E-state index in [4.69, 9.17) is 11.5 Å². The van der Waals surface area contributed by atoms with Crippen molar-refractivity contribution < 1.29 is 5.11 Å². The monoisotopic (exact) mass is 83.0 g/mol. The molecular formula is C5H7O. The number of aliphatic hydroxyl groups is 1. The topological polar surface area (TPSA) is 20.2 Å². The lowest BCUT2D eigenvalue weighted by molar-refractivity contribution is 0.290. The first-order chi connectivity index (χ1) is 2.91. The van der Waals surface area contributed by atoms with Gasteiger partial charge >= 0.3 is 0 Å². The zero-order chi connectivity index (χ0) is 4.83. The van der Waals surface area contributed by atoms with Gasteiger partial charge in [-0.25, -0.2) is 0 Å². The van der Waals surface area contributed by atoms with Crippen LogP contribution in [0.15, 0.2) is 0 Å². The smallest absolute Gasteiger partial charge is 0.0440 e. The maximum absolute atomic E-state index is 8.07. The van der Waals surface area contributed by atoms with Crippen LogP contribution in [0.25, 0.3) is 0 Å². The van der Waals surface area contributed by atoms with Crippen molar-refractivity contribution in [3.63, 3.8) is 0 Å². The second kappa shape index (κ2) is 4.52. The molecule has 0 aromatic rings. The van der Waals surface area contributed by atoms with Crippen molar-refractivity contribution >= 4 is 0 Å². The van der Waals surface area contributed by atoms with E-state index >= 15 is 0 Å². The molecule has 0 aliphatic rings. The number of aliphatic hydroxyl groups excluding tert-OH is 1. The Kier molecular flexibility index (Phi) is 4.16. The van der Waals surface area contributed by atoms with E-state index in [2.05, 4.69) is 5.92 Å². The van der Waals surface area contributed by atoms with Gasteiger partial charge in [0.25, 0.3) is 0 Å². The Morgan fingerprint density at radius 1 is 1.67 bits per heavy atom. The summed E-state index contributed by atoms with van der Waals surface area (Å²) in [6, 6.07) is 0. The van der Waals surface area contributed by atoms with Crippen molar-refractivity contribution in [2.75, 3.05) is 6.61 Å². The molecular weight excluding hydrogens is 76.1 g/mol. The summed E-state index contributed by atoms with van der Waals surface area (Å²) in [6.07, 6.45) is 7.59. The highest BCUT2D eigenvalue weighted by Gasteiger charge is 1.73. The van der Waals surface area contributed by atoms with Crippen molar-refractivity contribution in [1.82, 2.24) is 0 Å². The molecule has 0 bridgehead atoms. The van der Waals surface area contributed by atoms with Gasteiger partial charge in [-0.1, -0.05) is 5.92 Å². The first kappa shape index (κ1) is 5.52. The van der Waals surface area contributed by atoms with Gasteiger partial charge in [0.05, 0.1) is 0 Å². The Morgan fingerprint density at radius 2 is 2.33 bits per heavy atom. The number of unbranched alkanes of at least 4 members (excludes halogenated alkanes) is 1. The second-order valence-electron chi connectivity index (χ2n) is 1.00. The Morgan fingerprint density at radius 3 is 2.50 bits per heavy atom. The van der Waals surface area contributed by atoms with Crippen LogP contribution in [0.3, 0.4) is 0 Å². The Balaban J connectivity index is 2.54. The zero-order valence-corrected chi connectivity index (χ0v) is 3.57. The van der Waals surface area contributed by atoms with Gasteiger partial charge in [-0.05, 0) is 12.8 Å². The molecule has 0 fully saturated rings. The largest absolute Gasteiger partial charge is 0.396 e. The van der Waals surface area contributed by atoms with Crippen LogP contribution in [0, 0.1) is 12.3 Å². The van der Waals surface area contributed by atoms with Crippen LogP contribution in [-0.4, -0.2) is 11.7 Å². The molecule has 0 aromatic heterocycles. The fraction of sp³-hybridized carbons (Fsp3) is 0.600. The standard InChI is InChI=1S/C5H7O/c1-2-3-4-5-6/h6H,3-5H2. The van der Waals surface area contributed by atoms with Gasteiger partial charge in [-0.15, -0.1) is 0 Å². The molecule has 0 rings (SSSR count). The normalized spacial score (nSPS) is 7.33. The lowest BCUT2D eigenvalue weighted by Crippen LogP contribution is -1.77. The van der Waals surface area contributed by atoms with E-state index in [0.29, 0.717) is 12.8 Å². The summed E-state index contributed by atoms with van der Waals surface area (Å²) >= 11 is 0. The molecule has 0 aliphatic heterocycles. The molecule has 33 valence electrons. The molecule has 0 atom stereocenters. The second-order valence-corrected chi connectivity index (χ2v) is 1.00. The minimum absolute atomic E-state index is 0.172. The van der Waals surface area contributed by atoms with E-state index in [0.717, 1.165) is 0 Å². The third kappa shape index (κ3) is 3.52. The minimum Gasteiger partial charge on any atom is -0.396 e. The van der Waals surface area contributed by atoms with Crippen LogP contribution in [-0.2, 0) is 0 Å². The summed E-state index contributed by atoms with van der Waals surface area (Å²) in [6.45, 7) is 0.172. The average molecular weight is 83.1 g/mol. The highest BCUT2D eigenvalue weighted by atomic mass is 16.2. The molecule has 0 amide bonds.